The molecule has 0 amide bonds. The second-order valence-corrected chi connectivity index (χ2v) is 5.44. The number of rotatable bonds is 3. The Kier molecular flexibility index (Phi) is 3.54. The van der Waals surface area contributed by atoms with E-state index in [2.05, 4.69) is 15.0 Å². The van der Waals surface area contributed by atoms with Gasteiger partial charge in [0.25, 0.3) is 0 Å². The van der Waals surface area contributed by atoms with E-state index in [1.165, 1.54) is 6.33 Å². The van der Waals surface area contributed by atoms with Gasteiger partial charge in [-0.1, -0.05) is 0 Å². The summed E-state index contributed by atoms with van der Waals surface area (Å²) < 4.78 is 2.02. The fraction of sp³-hybridized carbons (Fsp3) is 0.615. The average molecular weight is 277 g/mol. The minimum atomic E-state index is 0.103. The van der Waals surface area contributed by atoms with Crippen LogP contribution in [-0.4, -0.2) is 42.9 Å². The van der Waals surface area contributed by atoms with Gasteiger partial charge in [0.1, 0.15) is 11.8 Å². The summed E-state index contributed by atoms with van der Waals surface area (Å²) in [6.07, 6.45) is 5.84. The summed E-state index contributed by atoms with van der Waals surface area (Å²) in [6.45, 7) is 0.239. The van der Waals surface area contributed by atoms with E-state index in [1.807, 2.05) is 4.57 Å². The highest BCUT2D eigenvalue weighted by Gasteiger charge is 2.31. The van der Waals surface area contributed by atoms with Crippen molar-refractivity contribution in [1.29, 1.82) is 0 Å². The predicted molar refractivity (Wildman–Crippen MR) is 73.8 cm³/mol. The van der Waals surface area contributed by atoms with Gasteiger partial charge in [-0.3, -0.25) is 0 Å². The van der Waals surface area contributed by atoms with Crippen LogP contribution in [-0.2, 0) is 0 Å². The summed E-state index contributed by atoms with van der Waals surface area (Å²) in [5.41, 5.74) is 7.16. The number of anilines is 1. The van der Waals surface area contributed by atoms with Crippen LogP contribution in [0.5, 0.6) is 0 Å². The van der Waals surface area contributed by atoms with E-state index in [0.29, 0.717) is 11.3 Å². The van der Waals surface area contributed by atoms with Gasteiger partial charge in [-0.25, -0.2) is 15.0 Å². The summed E-state index contributed by atoms with van der Waals surface area (Å²) in [5.74, 6) is 0.692. The maximum Gasteiger partial charge on any atom is 0.165 e. The number of aliphatic hydroxyl groups excluding tert-OH is 2. The van der Waals surface area contributed by atoms with Crippen molar-refractivity contribution in [2.75, 3.05) is 18.9 Å². The third-order valence-corrected chi connectivity index (χ3v) is 4.36. The third-order valence-electron chi connectivity index (χ3n) is 4.36. The first-order valence-electron chi connectivity index (χ1n) is 6.89. The molecule has 3 rings (SSSR count). The van der Waals surface area contributed by atoms with Gasteiger partial charge in [0.2, 0.25) is 0 Å². The molecular formula is C13H19N5O2. The molecule has 108 valence electrons. The molecule has 0 spiro atoms. The zero-order valence-corrected chi connectivity index (χ0v) is 11.2. The van der Waals surface area contributed by atoms with Gasteiger partial charge in [-0.05, 0) is 31.1 Å². The van der Waals surface area contributed by atoms with Crippen LogP contribution in [0.15, 0.2) is 12.7 Å². The topological polar surface area (TPSA) is 110 Å². The molecule has 0 radical (unpaired) electrons. The lowest BCUT2D eigenvalue weighted by Crippen LogP contribution is -2.31. The van der Waals surface area contributed by atoms with Gasteiger partial charge in [0.05, 0.1) is 6.33 Å². The number of nitrogen functional groups attached to an aromatic ring is 1. The number of hydrogen-bond acceptors (Lipinski definition) is 6. The second-order valence-electron chi connectivity index (χ2n) is 5.44. The zero-order chi connectivity index (χ0) is 14.1. The van der Waals surface area contributed by atoms with Crippen molar-refractivity contribution in [2.24, 2.45) is 11.8 Å². The van der Waals surface area contributed by atoms with Crippen LogP contribution in [0.2, 0.25) is 0 Å². The largest absolute Gasteiger partial charge is 0.396 e. The van der Waals surface area contributed by atoms with E-state index < -0.39 is 0 Å². The highest BCUT2D eigenvalue weighted by molar-refractivity contribution is 5.81. The average Bonchev–Trinajstić information content (AvgIpc) is 2.92. The van der Waals surface area contributed by atoms with E-state index >= 15 is 0 Å². The molecule has 2 heterocycles. The fourth-order valence-corrected chi connectivity index (χ4v) is 3.16. The molecule has 1 aliphatic rings. The van der Waals surface area contributed by atoms with Gasteiger partial charge < -0.3 is 20.5 Å². The molecule has 7 nitrogen and oxygen atoms in total. The minimum Gasteiger partial charge on any atom is -0.396 e. The van der Waals surface area contributed by atoms with Crippen LogP contribution in [0.3, 0.4) is 0 Å². The molecule has 0 unspecified atom stereocenters. The second kappa shape index (κ2) is 5.34. The Morgan fingerprint density at radius 2 is 1.95 bits per heavy atom. The quantitative estimate of drug-likeness (QED) is 0.746. The van der Waals surface area contributed by atoms with Crippen LogP contribution in [0.4, 0.5) is 5.82 Å². The Bertz CT molecular complexity index is 599. The molecule has 1 fully saturated rings. The lowest BCUT2D eigenvalue weighted by atomic mass is 9.77. The first-order valence-corrected chi connectivity index (χ1v) is 6.89. The first-order chi connectivity index (χ1) is 9.74. The molecule has 0 aromatic carbocycles. The van der Waals surface area contributed by atoms with Gasteiger partial charge >= 0.3 is 0 Å². The molecule has 4 N–H and O–H groups in total. The van der Waals surface area contributed by atoms with Crippen molar-refractivity contribution >= 4 is 17.0 Å². The van der Waals surface area contributed by atoms with Crippen LogP contribution in [0.25, 0.3) is 11.2 Å². The molecular weight excluding hydrogens is 258 g/mol. The Balaban J connectivity index is 1.90. The van der Waals surface area contributed by atoms with E-state index in [-0.39, 0.29) is 31.1 Å². The van der Waals surface area contributed by atoms with Crippen molar-refractivity contribution in [3.63, 3.8) is 0 Å². The Morgan fingerprint density at radius 3 is 2.70 bits per heavy atom. The predicted octanol–water partition coefficient (Wildman–Crippen LogP) is 0.350. The summed E-state index contributed by atoms with van der Waals surface area (Å²) in [6, 6.07) is 0.231. The zero-order valence-electron chi connectivity index (χ0n) is 11.2. The van der Waals surface area contributed by atoms with Crippen LogP contribution in [0, 0.1) is 11.8 Å². The van der Waals surface area contributed by atoms with Gasteiger partial charge in [-0.15, -0.1) is 0 Å². The van der Waals surface area contributed by atoms with Gasteiger partial charge in [0, 0.05) is 19.3 Å². The first kappa shape index (κ1) is 13.3. The van der Waals surface area contributed by atoms with Crippen molar-refractivity contribution in [1.82, 2.24) is 19.5 Å². The lowest BCUT2D eigenvalue weighted by Gasteiger charge is -2.34. The van der Waals surface area contributed by atoms with Crippen LogP contribution >= 0.6 is 0 Å². The number of nitrogens with zero attached hydrogens (tertiary/aromatic N) is 4. The number of nitrogens with two attached hydrogens (primary N) is 1. The molecule has 3 atom stereocenters. The summed E-state index contributed by atoms with van der Waals surface area (Å²) in [4.78, 5) is 12.5. The molecule has 1 saturated carbocycles. The van der Waals surface area contributed by atoms with Crippen LogP contribution < -0.4 is 5.73 Å². The maximum absolute atomic E-state index is 9.48. The fourth-order valence-electron chi connectivity index (χ4n) is 3.16. The summed E-state index contributed by atoms with van der Waals surface area (Å²) >= 11 is 0. The molecule has 0 aliphatic heterocycles. The van der Waals surface area contributed by atoms with Gasteiger partial charge in [0.15, 0.2) is 11.5 Å². The molecule has 2 aromatic heterocycles. The third kappa shape index (κ3) is 2.12. The number of aliphatic hydroxyl groups is 2. The molecule has 0 bridgehead atoms. The number of aromatic nitrogens is 4. The van der Waals surface area contributed by atoms with E-state index in [4.69, 9.17) is 5.73 Å². The SMILES string of the molecule is Nc1ncnc2c1ncn2[C@H]1CC[C@H](CO)[C@H](CO)C1. The lowest BCUT2D eigenvalue weighted by molar-refractivity contribution is 0.0678. The van der Waals surface area contributed by atoms with Gasteiger partial charge in [-0.2, -0.15) is 0 Å². The van der Waals surface area contributed by atoms with Crippen LogP contribution in [0.1, 0.15) is 25.3 Å². The molecule has 20 heavy (non-hydrogen) atoms. The Morgan fingerprint density at radius 1 is 1.15 bits per heavy atom. The van der Waals surface area contributed by atoms with Crippen molar-refractivity contribution in [3.8, 4) is 0 Å². The number of fused-ring (bicyclic) bond motifs is 1. The molecule has 0 saturated heterocycles. The van der Waals surface area contributed by atoms with E-state index in [0.717, 1.165) is 24.9 Å². The Hall–Kier alpha value is -1.73. The number of imidazole rings is 1. The normalized spacial score (nSPS) is 27.0. The molecule has 2 aromatic rings. The van der Waals surface area contributed by atoms with Crippen molar-refractivity contribution in [3.05, 3.63) is 12.7 Å². The maximum atomic E-state index is 9.48. The summed E-state index contributed by atoms with van der Waals surface area (Å²) in [7, 11) is 0. The highest BCUT2D eigenvalue weighted by atomic mass is 16.3. The monoisotopic (exact) mass is 277 g/mol. The highest BCUT2D eigenvalue weighted by Crippen LogP contribution is 2.37. The molecule has 7 heteroatoms. The van der Waals surface area contributed by atoms with E-state index in [9.17, 15) is 10.2 Å². The standard InChI is InChI=1S/C13H19N5O2/c14-12-11-13(16-6-15-12)18(7-17-11)10-2-1-8(4-19)9(3-10)5-20/h6-10,19-20H,1-5H2,(H2,14,15,16)/t8-,9+,10+/m1/s1. The van der Waals surface area contributed by atoms with E-state index in [1.54, 1.807) is 6.33 Å². The smallest absolute Gasteiger partial charge is 0.165 e. The summed E-state index contributed by atoms with van der Waals surface area (Å²) in [5, 5.41) is 18.8. The van der Waals surface area contributed by atoms with Crippen molar-refractivity contribution in [2.45, 2.75) is 25.3 Å². The number of hydrogen-bond donors (Lipinski definition) is 3. The van der Waals surface area contributed by atoms with Crippen molar-refractivity contribution < 1.29 is 10.2 Å². The Labute approximate surface area is 116 Å². The minimum absolute atomic E-state index is 0.103. The molecule has 1 aliphatic carbocycles.